The summed E-state index contributed by atoms with van der Waals surface area (Å²) in [6.45, 7) is 9.04. The molecule has 1 aliphatic rings. The first-order chi connectivity index (χ1) is 23.8. The number of anilines is 1. The molecule has 5 rings (SSSR count). The summed E-state index contributed by atoms with van der Waals surface area (Å²) in [6.07, 6.45) is 1.26. The van der Waals surface area contributed by atoms with Crippen LogP contribution in [0.2, 0.25) is 0 Å². The second-order valence-electron chi connectivity index (χ2n) is 12.6. The molecule has 1 amide bonds. The van der Waals surface area contributed by atoms with Gasteiger partial charge in [0.1, 0.15) is 18.2 Å². The van der Waals surface area contributed by atoms with Crippen LogP contribution >= 0.6 is 40.7 Å². The van der Waals surface area contributed by atoms with Crippen molar-refractivity contribution in [2.24, 2.45) is 5.10 Å². The lowest BCUT2D eigenvalue weighted by Crippen LogP contribution is -2.50. The number of carboxylic acids is 1. The number of halogens is 3. The van der Waals surface area contributed by atoms with Crippen LogP contribution in [-0.4, -0.2) is 48.9 Å². The molecule has 10 nitrogen and oxygen atoms in total. The summed E-state index contributed by atoms with van der Waals surface area (Å²) >= 11 is 2.09. The van der Waals surface area contributed by atoms with E-state index in [1.165, 1.54) is 16.3 Å². The topological polar surface area (TPSA) is 109 Å². The number of hydrogen-bond donors (Lipinski definition) is 1. The lowest BCUT2D eigenvalue weighted by molar-refractivity contribution is -0.143. The van der Waals surface area contributed by atoms with Gasteiger partial charge in [-0.1, -0.05) is 49.4 Å². The van der Waals surface area contributed by atoms with Crippen molar-refractivity contribution in [2.45, 2.75) is 72.3 Å². The molecular formula is C35H37F2IN5O5PS. The molecule has 2 atom stereocenters. The lowest BCUT2D eigenvalue weighted by Gasteiger charge is -2.34. The van der Waals surface area contributed by atoms with Crippen molar-refractivity contribution in [3.63, 3.8) is 0 Å². The van der Waals surface area contributed by atoms with Crippen LogP contribution in [0.5, 0.6) is 5.75 Å². The second kappa shape index (κ2) is 16.1. The monoisotopic (exact) mass is 835 g/mol. The summed E-state index contributed by atoms with van der Waals surface area (Å²) in [5, 5.41) is 14.5. The molecule has 264 valence electrons. The maximum atomic E-state index is 15.4. The Balaban J connectivity index is 1.42. The highest BCUT2D eigenvalue weighted by molar-refractivity contribution is 14.2. The number of aliphatic carboxylic acids is 1. The van der Waals surface area contributed by atoms with E-state index in [0.29, 0.717) is 17.8 Å². The van der Waals surface area contributed by atoms with Crippen molar-refractivity contribution in [2.75, 3.05) is 4.78 Å². The fourth-order valence-electron chi connectivity index (χ4n) is 5.53. The molecule has 0 aliphatic carbocycles. The van der Waals surface area contributed by atoms with Gasteiger partial charge in [0.25, 0.3) is 0 Å². The molecule has 1 aliphatic heterocycles. The number of rotatable bonds is 11. The number of aromatic nitrogens is 2. The molecule has 15 heteroatoms. The Morgan fingerprint density at radius 1 is 1.20 bits per heavy atom. The number of carbonyl (C=O) groups excluding carboxylic acids is 1. The minimum Gasteiger partial charge on any atom is -0.486 e. The van der Waals surface area contributed by atoms with Crippen LogP contribution in [0.3, 0.4) is 0 Å². The van der Waals surface area contributed by atoms with Gasteiger partial charge in [-0.15, -0.1) is 3.89 Å². The quantitative estimate of drug-likeness (QED) is 0.0691. The molecule has 0 spiro atoms. The molecule has 0 radical (unpaired) electrons. The number of hydrazone groups is 1. The van der Waals surface area contributed by atoms with E-state index in [1.54, 1.807) is 31.6 Å². The number of fused-ring (bicyclic) bond motifs is 1. The lowest BCUT2D eigenvalue weighted by atomic mass is 9.96. The Morgan fingerprint density at radius 3 is 2.58 bits per heavy atom. The standard InChI is InChI=1S/C35H37F2IN5O5PS/c1-6-23-15-31(47-20-22-10-8-7-9-11-22)26(36)16-25(23)24-13-12-21(2)28(14-24)43(49-38)39-18-32-40-27-17-29(33(44)45)41(19-30(27)42(32)50-37)34(46)48-35(3,4)5/h7-16,18,29,49H,6,17,19-20H2,1-5H3,(H,44,45)/b39-18+/t29-/m0/s1. The number of benzene rings is 3. The van der Waals surface area contributed by atoms with Crippen molar-refractivity contribution in [1.82, 2.24) is 13.9 Å². The molecule has 50 heavy (non-hydrogen) atoms. The van der Waals surface area contributed by atoms with Crippen LogP contribution in [0.4, 0.5) is 18.8 Å². The predicted molar refractivity (Wildman–Crippen MR) is 202 cm³/mol. The first-order valence-electron chi connectivity index (χ1n) is 15.8. The number of amides is 1. The van der Waals surface area contributed by atoms with E-state index < -0.39 is 29.5 Å². The van der Waals surface area contributed by atoms with Gasteiger partial charge in [-0.25, -0.2) is 27.7 Å². The average Bonchev–Trinajstić information content (AvgIpc) is 3.44. The largest absolute Gasteiger partial charge is 0.486 e. The molecule has 1 aromatic heterocycles. The first-order valence-corrected chi connectivity index (χ1v) is 20.5. The van der Waals surface area contributed by atoms with Crippen molar-refractivity contribution in [1.29, 1.82) is 0 Å². The minimum absolute atomic E-state index is 0.107. The summed E-state index contributed by atoms with van der Waals surface area (Å²) in [4.78, 5) is 30.6. The highest BCUT2D eigenvalue weighted by Crippen LogP contribution is 2.40. The van der Waals surface area contributed by atoms with Gasteiger partial charge in [0.05, 0.1) is 36.2 Å². The minimum atomic E-state index is -1.23. The molecule has 3 aromatic carbocycles. The Kier molecular flexibility index (Phi) is 12.1. The smallest absolute Gasteiger partial charge is 0.411 e. The van der Waals surface area contributed by atoms with Crippen LogP contribution in [0.15, 0.2) is 65.8 Å². The molecule has 1 N–H and O–H groups in total. The SMILES string of the molecule is CCc1cc(OCc2ccccc2)c(F)cc1-c1ccc(C)c(N(/N=C/c2nc3c(n2SF)CN(C(=O)OC(C)(C)C)[C@H](C(=O)O)C3)PI)c1. The molecule has 2 heterocycles. The second-order valence-corrected chi connectivity index (χ2v) is 15.1. The van der Waals surface area contributed by atoms with Gasteiger partial charge in [-0.05, 0) is 102 Å². The summed E-state index contributed by atoms with van der Waals surface area (Å²) in [7, 11) is 0. The molecule has 0 saturated heterocycles. The summed E-state index contributed by atoms with van der Waals surface area (Å²) in [5.74, 6) is -1.34. The van der Waals surface area contributed by atoms with Gasteiger partial charge >= 0.3 is 12.1 Å². The third-order valence-corrected chi connectivity index (χ3v) is 10.4. The molecule has 1 unspecified atom stereocenters. The van der Waals surface area contributed by atoms with E-state index >= 15 is 4.39 Å². The highest BCUT2D eigenvalue weighted by atomic mass is 127. The van der Waals surface area contributed by atoms with Gasteiger partial charge in [-0.3, -0.25) is 4.90 Å². The van der Waals surface area contributed by atoms with Gasteiger partial charge in [0.15, 0.2) is 29.7 Å². The number of carboxylic acid groups (broad SMARTS) is 1. The third kappa shape index (κ3) is 8.57. The highest BCUT2D eigenvalue weighted by Gasteiger charge is 2.40. The average molecular weight is 836 g/mol. The molecule has 4 aromatic rings. The van der Waals surface area contributed by atoms with Gasteiger partial charge < -0.3 is 14.6 Å². The number of carbonyl (C=O) groups is 2. The Labute approximate surface area is 309 Å². The maximum absolute atomic E-state index is 15.4. The number of hydrogen-bond acceptors (Lipinski definition) is 8. The van der Waals surface area contributed by atoms with Crippen LogP contribution < -0.4 is 9.52 Å². The Hall–Kier alpha value is -3.75. The first kappa shape index (κ1) is 37.5. The zero-order chi connectivity index (χ0) is 36.2. The van der Waals surface area contributed by atoms with Crippen molar-refractivity contribution < 1.29 is 32.4 Å². The summed E-state index contributed by atoms with van der Waals surface area (Å²) in [6, 6.07) is 17.4. The van der Waals surface area contributed by atoms with Crippen molar-refractivity contribution >= 4 is 64.7 Å². The number of nitrogens with zero attached hydrogens (tertiary/aromatic N) is 5. The molecule has 0 fully saturated rings. The van der Waals surface area contributed by atoms with Crippen molar-refractivity contribution in [3.05, 3.63) is 100 Å². The number of imidazole rings is 1. The Morgan fingerprint density at radius 2 is 1.94 bits per heavy atom. The zero-order valence-corrected chi connectivity index (χ0v) is 32.1. The number of aryl methyl sites for hydroxylation is 2. The fourth-order valence-corrected chi connectivity index (χ4v) is 7.52. The molecule has 0 saturated carbocycles. The van der Waals surface area contributed by atoms with Crippen LogP contribution in [-0.2, 0) is 35.5 Å². The zero-order valence-electron chi connectivity index (χ0n) is 28.1. The van der Waals surface area contributed by atoms with Gasteiger partial charge in [-0.2, -0.15) is 5.10 Å². The van der Waals surface area contributed by atoms with E-state index in [-0.39, 0.29) is 49.9 Å². The summed E-state index contributed by atoms with van der Waals surface area (Å²) in [5.41, 5.74) is 4.92. The molecule has 0 bridgehead atoms. The van der Waals surface area contributed by atoms with E-state index in [1.807, 2.05) is 62.4 Å². The summed E-state index contributed by atoms with van der Waals surface area (Å²) < 4.78 is 44.0. The molecular weight excluding hydrogens is 798 g/mol. The van der Waals surface area contributed by atoms with E-state index in [2.05, 4.69) is 32.1 Å². The van der Waals surface area contributed by atoms with E-state index in [9.17, 15) is 18.6 Å². The van der Waals surface area contributed by atoms with Gasteiger partial charge in [0.2, 0.25) is 0 Å². The maximum Gasteiger partial charge on any atom is 0.411 e. The van der Waals surface area contributed by atoms with E-state index in [4.69, 9.17) is 9.47 Å². The van der Waals surface area contributed by atoms with Gasteiger partial charge in [0, 0.05) is 6.42 Å². The Bertz CT molecular complexity index is 1910. The van der Waals surface area contributed by atoms with Crippen LogP contribution in [0, 0.1) is 12.7 Å². The van der Waals surface area contributed by atoms with Crippen LogP contribution in [0.1, 0.15) is 61.6 Å². The third-order valence-electron chi connectivity index (χ3n) is 7.99. The van der Waals surface area contributed by atoms with E-state index in [0.717, 1.165) is 38.4 Å². The van der Waals surface area contributed by atoms with Crippen LogP contribution in [0.25, 0.3) is 11.1 Å². The van der Waals surface area contributed by atoms with Crippen molar-refractivity contribution in [3.8, 4) is 16.9 Å². The predicted octanol–water partition coefficient (Wildman–Crippen LogP) is 9.05. The normalized spacial score (nSPS) is 14.7. The number of ether oxygens (including phenoxy) is 2. The fraction of sp³-hybridized carbons (Fsp3) is 0.314.